The first kappa shape index (κ1) is 40.4. The molecule has 3 aliphatic carbocycles. The molecule has 2 atom stereocenters. The molecule has 0 saturated carbocycles. The summed E-state index contributed by atoms with van der Waals surface area (Å²) in [6, 6.07) is 49.7. The minimum atomic E-state index is 0.292. The van der Waals surface area contributed by atoms with Crippen molar-refractivity contribution >= 4 is 61.6 Å². The fourth-order valence-corrected chi connectivity index (χ4v) is 11.6. The number of hydrogen-bond donors (Lipinski definition) is 0. The Morgan fingerprint density at radius 2 is 1.33 bits per heavy atom. The Labute approximate surface area is 388 Å². The molecule has 9 aromatic rings. The quantitative estimate of drug-likeness (QED) is 0.156. The van der Waals surface area contributed by atoms with E-state index in [-0.39, 0.29) is 0 Å². The average Bonchev–Trinajstić information content (AvgIpc) is 3.55. The predicted molar refractivity (Wildman–Crippen MR) is 282 cm³/mol. The van der Waals surface area contributed by atoms with Crippen molar-refractivity contribution in [3.05, 3.63) is 208 Å². The molecule has 0 fully saturated rings. The summed E-state index contributed by atoms with van der Waals surface area (Å²) < 4.78 is 0. The first-order valence-electron chi connectivity index (χ1n) is 24.3. The van der Waals surface area contributed by atoms with Gasteiger partial charge in [0, 0.05) is 27.9 Å². The maximum atomic E-state index is 5.33. The first-order chi connectivity index (χ1) is 32.5. The molecule has 2 unspecified atom stereocenters. The number of nitrogens with zero attached hydrogens (tertiary/aromatic N) is 2. The van der Waals surface area contributed by atoms with Gasteiger partial charge < -0.3 is 0 Å². The summed E-state index contributed by atoms with van der Waals surface area (Å²) in [7, 11) is 0. The minimum absolute atomic E-state index is 0.292. The maximum absolute atomic E-state index is 5.33. The lowest BCUT2D eigenvalue weighted by atomic mass is 9.78. The van der Waals surface area contributed by atoms with E-state index in [1.54, 1.807) is 11.1 Å². The Morgan fingerprint density at radius 1 is 0.606 bits per heavy atom. The largest absolute Gasteiger partial charge is 0.252 e. The van der Waals surface area contributed by atoms with Crippen LogP contribution in [0, 0.1) is 0 Å². The molecule has 0 amide bonds. The van der Waals surface area contributed by atoms with Gasteiger partial charge in [0.15, 0.2) is 0 Å². The van der Waals surface area contributed by atoms with Gasteiger partial charge in [0.25, 0.3) is 0 Å². The van der Waals surface area contributed by atoms with Crippen LogP contribution in [0.4, 0.5) is 0 Å². The van der Waals surface area contributed by atoms with Crippen LogP contribution >= 0.6 is 0 Å². The van der Waals surface area contributed by atoms with Crippen LogP contribution in [0.2, 0.25) is 0 Å². The molecule has 0 radical (unpaired) electrons. The summed E-state index contributed by atoms with van der Waals surface area (Å²) in [4.78, 5) is 10.6. The number of hydrogen-bond acceptors (Lipinski definition) is 2. The zero-order valence-corrected chi connectivity index (χ0v) is 38.1. The van der Waals surface area contributed by atoms with Crippen molar-refractivity contribution in [2.45, 2.75) is 77.0 Å². The summed E-state index contributed by atoms with van der Waals surface area (Å²) in [5.41, 5.74) is 21.6. The van der Waals surface area contributed by atoms with Crippen molar-refractivity contribution in [3.8, 4) is 33.5 Å². The Kier molecular flexibility index (Phi) is 10.2. The molecule has 2 heteroatoms. The summed E-state index contributed by atoms with van der Waals surface area (Å²) in [6.45, 7) is 9.05. The SMILES string of the molecule is C=C1CC=Cc2ccc3ccc(-c4ccc(-c5ccc6cc(-c7ccc8ccc(C9/C=C\c%10ccc%11c(c%10CCC9)C(CC)CC=C%11)nc8c7)ccc6n5)c5ccccc45)c(CC)c3c2C1. The molecule has 2 nitrogen and oxygen atoms in total. The molecule has 320 valence electrons. The molecule has 66 heavy (non-hydrogen) atoms. The number of aryl methyl sites for hydroxylation is 1. The summed E-state index contributed by atoms with van der Waals surface area (Å²) in [6.07, 6.45) is 22.6. The third-order valence-corrected chi connectivity index (χ3v) is 15.0. The van der Waals surface area contributed by atoms with Gasteiger partial charge in [0.2, 0.25) is 0 Å². The molecular weight excluding hydrogens is 797 g/mol. The number of fused-ring (bicyclic) bond motifs is 9. The standard InChI is InChI=1S/C64H54N2/c1-4-41-12-9-15-46-24-21-43-19-22-44(14-10-18-52(43)63(41)46)59-34-28-45-23-26-49(39-62(45)66-59)48-29-35-60-50(38-48)30-36-61(65-60)57-33-32-56(53-16-6-7-17-54(53)57)55-31-27-47-25-20-42-13-8-11-40(3)37-58(42)64(47)51(55)5-2/h6-9,13,15-17,19-36,38-39,41,44H,3-5,10-12,14,18,37H2,1-2H3/b22-19-. The third kappa shape index (κ3) is 7.02. The molecule has 2 aromatic heterocycles. The second kappa shape index (κ2) is 16.7. The molecule has 12 rings (SSSR count). The van der Waals surface area contributed by atoms with E-state index in [0.717, 1.165) is 78.3 Å². The normalized spacial score (nSPS) is 17.3. The number of pyridine rings is 2. The predicted octanol–water partition coefficient (Wildman–Crippen LogP) is 17.2. The van der Waals surface area contributed by atoms with Crippen molar-refractivity contribution in [3.63, 3.8) is 0 Å². The molecule has 0 spiro atoms. The number of rotatable bonds is 6. The van der Waals surface area contributed by atoms with Crippen LogP contribution in [-0.2, 0) is 19.3 Å². The van der Waals surface area contributed by atoms with Crippen LogP contribution in [0.25, 0.3) is 95.1 Å². The molecule has 0 bridgehead atoms. The molecule has 7 aromatic carbocycles. The fraction of sp³-hybridized carbons (Fsp3) is 0.188. The lowest BCUT2D eigenvalue weighted by molar-refractivity contribution is 0.632. The monoisotopic (exact) mass is 850 g/mol. The van der Waals surface area contributed by atoms with Crippen molar-refractivity contribution < 1.29 is 0 Å². The van der Waals surface area contributed by atoms with E-state index in [9.17, 15) is 0 Å². The Bertz CT molecular complexity index is 3540. The Balaban J connectivity index is 0.851. The molecular formula is C64H54N2. The lowest BCUT2D eigenvalue weighted by Gasteiger charge is -2.27. The Hall–Kier alpha value is -7.16. The number of benzene rings is 7. The van der Waals surface area contributed by atoms with Gasteiger partial charge in [-0.3, -0.25) is 4.98 Å². The lowest BCUT2D eigenvalue weighted by Crippen LogP contribution is -2.11. The van der Waals surface area contributed by atoms with Gasteiger partial charge in [-0.15, -0.1) is 0 Å². The van der Waals surface area contributed by atoms with Crippen LogP contribution in [0.5, 0.6) is 0 Å². The van der Waals surface area contributed by atoms with Crippen molar-refractivity contribution in [2.75, 3.05) is 0 Å². The van der Waals surface area contributed by atoms with Crippen molar-refractivity contribution in [1.29, 1.82) is 0 Å². The maximum Gasteiger partial charge on any atom is 0.0715 e. The van der Waals surface area contributed by atoms with Gasteiger partial charge in [-0.25, -0.2) is 4.98 Å². The van der Waals surface area contributed by atoms with Gasteiger partial charge in [0.05, 0.1) is 16.7 Å². The second-order valence-electron chi connectivity index (χ2n) is 18.9. The highest BCUT2D eigenvalue weighted by atomic mass is 14.7. The van der Waals surface area contributed by atoms with Gasteiger partial charge in [-0.2, -0.15) is 0 Å². The van der Waals surface area contributed by atoms with Crippen LogP contribution in [-0.4, -0.2) is 9.97 Å². The van der Waals surface area contributed by atoms with E-state index in [1.807, 2.05) is 0 Å². The molecule has 0 N–H and O–H groups in total. The minimum Gasteiger partial charge on any atom is -0.252 e. The van der Waals surface area contributed by atoms with E-state index in [4.69, 9.17) is 9.97 Å². The van der Waals surface area contributed by atoms with Crippen molar-refractivity contribution in [2.24, 2.45) is 0 Å². The van der Waals surface area contributed by atoms with Crippen LogP contribution in [0.3, 0.4) is 0 Å². The summed E-state index contributed by atoms with van der Waals surface area (Å²) in [5, 5.41) is 7.46. The van der Waals surface area contributed by atoms with Crippen molar-refractivity contribution in [1.82, 2.24) is 9.97 Å². The topological polar surface area (TPSA) is 25.8 Å². The molecule has 2 heterocycles. The summed E-state index contributed by atoms with van der Waals surface area (Å²) >= 11 is 0. The van der Waals surface area contributed by atoms with E-state index >= 15 is 0 Å². The highest BCUT2D eigenvalue weighted by Crippen LogP contribution is 2.43. The Morgan fingerprint density at radius 3 is 2.23 bits per heavy atom. The zero-order chi connectivity index (χ0) is 44.3. The molecule has 0 aliphatic heterocycles. The average molecular weight is 851 g/mol. The van der Waals surface area contributed by atoms with E-state index in [2.05, 4.69) is 190 Å². The highest BCUT2D eigenvalue weighted by Gasteiger charge is 2.23. The first-order valence-corrected chi connectivity index (χ1v) is 24.3. The van der Waals surface area contributed by atoms with Gasteiger partial charge >= 0.3 is 0 Å². The molecule has 0 saturated heterocycles. The third-order valence-electron chi connectivity index (χ3n) is 15.0. The zero-order valence-electron chi connectivity index (χ0n) is 38.1. The van der Waals surface area contributed by atoms with Gasteiger partial charge in [-0.1, -0.05) is 166 Å². The summed E-state index contributed by atoms with van der Waals surface area (Å²) in [5.74, 6) is 0.924. The highest BCUT2D eigenvalue weighted by molar-refractivity contribution is 6.07. The van der Waals surface area contributed by atoms with Crippen LogP contribution in [0.1, 0.15) is 102 Å². The second-order valence-corrected chi connectivity index (χ2v) is 18.9. The molecule has 3 aliphatic rings. The van der Waals surface area contributed by atoms with Gasteiger partial charge in [-0.05, 0) is 170 Å². The van der Waals surface area contributed by atoms with E-state index in [1.165, 1.54) is 89.0 Å². The van der Waals surface area contributed by atoms with E-state index in [0.29, 0.717) is 11.8 Å². The van der Waals surface area contributed by atoms with Crippen LogP contribution < -0.4 is 0 Å². The number of aromatic nitrogens is 2. The van der Waals surface area contributed by atoms with Gasteiger partial charge in [0.1, 0.15) is 0 Å². The number of allylic oxidation sites excluding steroid dienone is 4. The van der Waals surface area contributed by atoms with Crippen LogP contribution in [0.15, 0.2) is 164 Å². The fourth-order valence-electron chi connectivity index (χ4n) is 11.6. The smallest absolute Gasteiger partial charge is 0.0715 e. The van der Waals surface area contributed by atoms with E-state index < -0.39 is 0 Å².